The van der Waals surface area contributed by atoms with Gasteiger partial charge in [-0.1, -0.05) is 11.5 Å². The van der Waals surface area contributed by atoms with Crippen LogP contribution in [0.4, 0.5) is 0 Å². The van der Waals surface area contributed by atoms with Crippen LogP contribution in [0.1, 0.15) is 10.4 Å². The van der Waals surface area contributed by atoms with Crippen molar-refractivity contribution in [3.8, 4) is 5.75 Å². The highest BCUT2D eigenvalue weighted by atomic mass is 16.4. The van der Waals surface area contributed by atoms with Gasteiger partial charge in [-0.25, -0.2) is 0 Å². The number of hydrogen-bond acceptors (Lipinski definition) is 5. The number of benzene rings is 1. The van der Waals surface area contributed by atoms with Gasteiger partial charge < -0.3 is 25.9 Å². The molecule has 0 fully saturated rings. The molecule has 91 valence electrons. The van der Waals surface area contributed by atoms with Crippen LogP contribution in [0.3, 0.4) is 0 Å². The molecule has 1 aromatic carbocycles. The number of carbonyl (C=O) groups excluding carboxylic acids is 1. The molecule has 0 saturated carbocycles. The Kier molecular flexibility index (Phi) is 5.48. The minimum Gasteiger partial charge on any atom is -0.507 e. The van der Waals surface area contributed by atoms with Crippen molar-refractivity contribution in [2.75, 3.05) is 19.9 Å². The highest BCUT2D eigenvalue weighted by Crippen LogP contribution is 2.13. The summed E-state index contributed by atoms with van der Waals surface area (Å²) in [4.78, 5) is 11.6. The smallest absolute Gasteiger partial charge is 0.331 e. The van der Waals surface area contributed by atoms with E-state index in [1.54, 1.807) is 6.07 Å². The van der Waals surface area contributed by atoms with Crippen LogP contribution in [0.15, 0.2) is 18.2 Å². The number of aliphatic hydroxyl groups is 1. The Morgan fingerprint density at radius 2 is 2.29 bits per heavy atom. The summed E-state index contributed by atoms with van der Waals surface area (Å²) in [5.41, 5.74) is 5.89. The van der Waals surface area contributed by atoms with E-state index in [-0.39, 0.29) is 31.2 Å². The van der Waals surface area contributed by atoms with Gasteiger partial charge in [0, 0.05) is 6.54 Å². The quantitative estimate of drug-likeness (QED) is 0.348. The number of aromatic hydroxyl groups is 1. The number of aliphatic hydroxyl groups excluding tert-OH is 1. The van der Waals surface area contributed by atoms with E-state index in [2.05, 4.69) is 5.32 Å². The summed E-state index contributed by atoms with van der Waals surface area (Å²) in [6.07, 6.45) is 0. The van der Waals surface area contributed by atoms with Crippen molar-refractivity contribution in [3.05, 3.63) is 23.8 Å². The van der Waals surface area contributed by atoms with Crippen LogP contribution in [0.2, 0.25) is 0 Å². The monoisotopic (exact) mass is 237 g/mol. The maximum Gasteiger partial charge on any atom is 0.331 e. The molecule has 1 amide bonds. The van der Waals surface area contributed by atoms with Gasteiger partial charge in [-0.15, -0.1) is 0 Å². The molecule has 6 nitrogen and oxygen atoms in total. The first-order valence-corrected chi connectivity index (χ1v) is 5.06. The molecule has 0 heterocycles. The number of nitrogens with one attached hydrogen (secondary N) is 1. The van der Waals surface area contributed by atoms with E-state index in [1.807, 2.05) is 0 Å². The number of nitrogens with two attached hydrogens (primary N) is 1. The average molecular weight is 237 g/mol. The molecule has 5 N–H and O–H groups in total. The first-order valence-electron chi connectivity index (χ1n) is 5.06. The molecular weight excluding hydrogens is 223 g/mol. The lowest BCUT2D eigenvalue weighted by Crippen LogP contribution is -2.28. The SMILES string of the molecule is NCO[B]c1ccc(O)c(C(=O)NCCO)c1. The number of amides is 1. The molecule has 0 aliphatic rings. The van der Waals surface area contributed by atoms with E-state index in [4.69, 9.17) is 15.5 Å². The zero-order valence-electron chi connectivity index (χ0n) is 9.22. The summed E-state index contributed by atoms with van der Waals surface area (Å²) in [7, 11) is 1.39. The molecule has 17 heavy (non-hydrogen) atoms. The Morgan fingerprint density at radius 1 is 1.53 bits per heavy atom. The van der Waals surface area contributed by atoms with Gasteiger partial charge in [0.05, 0.1) is 18.9 Å². The van der Waals surface area contributed by atoms with Crippen molar-refractivity contribution in [2.24, 2.45) is 5.73 Å². The Bertz CT molecular complexity index is 387. The minimum absolute atomic E-state index is 0.0346. The summed E-state index contributed by atoms with van der Waals surface area (Å²) in [6.45, 7) is 0.00698. The van der Waals surface area contributed by atoms with Crippen molar-refractivity contribution in [1.29, 1.82) is 0 Å². The van der Waals surface area contributed by atoms with Gasteiger partial charge in [0.25, 0.3) is 5.91 Å². The summed E-state index contributed by atoms with van der Waals surface area (Å²) in [6, 6.07) is 4.45. The lowest BCUT2D eigenvalue weighted by Gasteiger charge is -2.07. The number of hydrogen-bond donors (Lipinski definition) is 4. The second kappa shape index (κ2) is 6.90. The fourth-order valence-electron chi connectivity index (χ4n) is 1.22. The molecule has 1 radical (unpaired) electrons. The molecule has 0 aliphatic heterocycles. The van der Waals surface area contributed by atoms with Crippen LogP contribution in [0.25, 0.3) is 0 Å². The third-order valence-corrected chi connectivity index (χ3v) is 1.98. The van der Waals surface area contributed by atoms with E-state index in [0.29, 0.717) is 5.46 Å². The van der Waals surface area contributed by atoms with Gasteiger partial charge >= 0.3 is 7.48 Å². The molecule has 1 aromatic rings. The van der Waals surface area contributed by atoms with E-state index in [9.17, 15) is 9.90 Å². The van der Waals surface area contributed by atoms with Crippen LogP contribution in [-0.4, -0.2) is 43.5 Å². The standard InChI is InChI=1S/C10H14BN2O4/c12-6-17-11-7-1-2-9(15)8(5-7)10(16)13-3-4-14/h1-2,5,14-15H,3-4,6,12H2,(H,13,16). The molecule has 0 unspecified atom stereocenters. The Labute approximate surface area is 99.7 Å². The molecule has 0 atom stereocenters. The zero-order valence-corrected chi connectivity index (χ0v) is 9.22. The van der Waals surface area contributed by atoms with Gasteiger partial charge in [0.15, 0.2) is 0 Å². The summed E-state index contributed by atoms with van der Waals surface area (Å²) in [5.74, 6) is -0.593. The average Bonchev–Trinajstić information content (AvgIpc) is 2.35. The zero-order chi connectivity index (χ0) is 12.7. The first kappa shape index (κ1) is 13.5. The highest BCUT2D eigenvalue weighted by molar-refractivity contribution is 6.47. The third-order valence-electron chi connectivity index (χ3n) is 1.98. The Morgan fingerprint density at radius 3 is 2.94 bits per heavy atom. The van der Waals surface area contributed by atoms with E-state index < -0.39 is 5.91 Å². The highest BCUT2D eigenvalue weighted by Gasteiger charge is 2.11. The van der Waals surface area contributed by atoms with Crippen LogP contribution in [-0.2, 0) is 4.65 Å². The lowest BCUT2D eigenvalue weighted by atomic mass is 9.86. The fourth-order valence-corrected chi connectivity index (χ4v) is 1.22. The predicted molar refractivity (Wildman–Crippen MR) is 63.1 cm³/mol. The number of carbonyl (C=O) groups is 1. The first-order chi connectivity index (χ1) is 8.19. The third kappa shape index (κ3) is 4.06. The molecule has 1 rings (SSSR count). The number of phenols is 1. The van der Waals surface area contributed by atoms with Gasteiger partial charge in [-0.05, 0) is 12.1 Å². The van der Waals surface area contributed by atoms with E-state index >= 15 is 0 Å². The van der Waals surface area contributed by atoms with Gasteiger partial charge in [0.1, 0.15) is 5.75 Å². The second-order valence-electron chi connectivity index (χ2n) is 3.21. The van der Waals surface area contributed by atoms with Crippen molar-refractivity contribution in [1.82, 2.24) is 5.32 Å². The van der Waals surface area contributed by atoms with Crippen molar-refractivity contribution in [3.63, 3.8) is 0 Å². The summed E-state index contributed by atoms with van der Waals surface area (Å²) >= 11 is 0. The van der Waals surface area contributed by atoms with Crippen LogP contribution < -0.4 is 16.5 Å². The molecular formula is C10H14BN2O4. The van der Waals surface area contributed by atoms with E-state index in [0.717, 1.165) is 0 Å². The summed E-state index contributed by atoms with van der Waals surface area (Å²) < 4.78 is 4.87. The lowest BCUT2D eigenvalue weighted by molar-refractivity contribution is 0.0942. The molecule has 7 heteroatoms. The largest absolute Gasteiger partial charge is 0.507 e. The molecule has 0 bridgehead atoms. The Hall–Kier alpha value is -1.57. The van der Waals surface area contributed by atoms with Crippen molar-refractivity contribution >= 4 is 18.9 Å². The van der Waals surface area contributed by atoms with Crippen molar-refractivity contribution in [2.45, 2.75) is 0 Å². The molecule has 0 aromatic heterocycles. The predicted octanol–water partition coefficient (Wildman–Crippen LogP) is -1.71. The fraction of sp³-hybridized carbons (Fsp3) is 0.300. The van der Waals surface area contributed by atoms with E-state index in [1.165, 1.54) is 19.6 Å². The molecule has 0 saturated heterocycles. The van der Waals surface area contributed by atoms with Crippen LogP contribution >= 0.6 is 0 Å². The summed E-state index contributed by atoms with van der Waals surface area (Å²) in [5, 5.41) is 20.6. The normalized spacial score (nSPS) is 10.0. The number of phenolic OH excluding ortho intramolecular Hbond substituents is 1. The van der Waals surface area contributed by atoms with Gasteiger partial charge in [0.2, 0.25) is 0 Å². The van der Waals surface area contributed by atoms with Gasteiger partial charge in [-0.3, -0.25) is 4.79 Å². The van der Waals surface area contributed by atoms with Gasteiger partial charge in [-0.2, -0.15) is 0 Å². The minimum atomic E-state index is -0.459. The topological polar surface area (TPSA) is 105 Å². The maximum absolute atomic E-state index is 11.6. The Balaban J connectivity index is 2.78. The molecule has 0 spiro atoms. The van der Waals surface area contributed by atoms with Crippen molar-refractivity contribution < 1.29 is 19.7 Å². The van der Waals surface area contributed by atoms with Crippen LogP contribution in [0.5, 0.6) is 5.75 Å². The number of rotatable bonds is 6. The molecule has 0 aliphatic carbocycles. The maximum atomic E-state index is 11.6. The van der Waals surface area contributed by atoms with Crippen LogP contribution in [0, 0.1) is 0 Å². The second-order valence-corrected chi connectivity index (χ2v) is 3.21.